The Morgan fingerprint density at radius 2 is 1.92 bits per heavy atom. The van der Waals surface area contributed by atoms with E-state index in [1.807, 2.05) is 0 Å². The Bertz CT molecular complexity index is 723. The number of hydrogen-bond donors (Lipinski definition) is 1. The molecule has 24 heavy (non-hydrogen) atoms. The minimum Gasteiger partial charge on any atom is -0.359 e. The zero-order chi connectivity index (χ0) is 17.6. The van der Waals surface area contributed by atoms with Crippen LogP contribution in [0.1, 0.15) is 18.4 Å². The van der Waals surface area contributed by atoms with Gasteiger partial charge in [0.15, 0.2) is 0 Å². The molecule has 0 saturated carbocycles. The maximum absolute atomic E-state index is 13.2. The highest BCUT2D eigenvalue weighted by atomic mass is 79.9. The zero-order valence-electron chi connectivity index (χ0n) is 12.6. The molecule has 1 spiro atoms. The number of sulfonamides is 1. The fourth-order valence-corrected chi connectivity index (χ4v) is 5.07. The smallest absolute Gasteiger partial charge is 0.359 e. The summed E-state index contributed by atoms with van der Waals surface area (Å²) in [6.45, 7) is 1.47. The number of alkyl halides is 3. The van der Waals surface area contributed by atoms with E-state index in [2.05, 4.69) is 21.2 Å². The first-order valence-corrected chi connectivity index (χ1v) is 9.63. The van der Waals surface area contributed by atoms with E-state index in [1.54, 1.807) is 0 Å². The van der Waals surface area contributed by atoms with E-state index in [-0.39, 0.29) is 17.6 Å². The van der Waals surface area contributed by atoms with Gasteiger partial charge < -0.3 is 4.74 Å². The summed E-state index contributed by atoms with van der Waals surface area (Å²) in [6.07, 6.45) is -3.94. The van der Waals surface area contributed by atoms with Crippen molar-refractivity contribution in [1.82, 2.24) is 9.62 Å². The number of benzene rings is 1. The zero-order valence-corrected chi connectivity index (χ0v) is 15.0. The average molecular weight is 429 g/mol. The van der Waals surface area contributed by atoms with Crippen molar-refractivity contribution in [2.45, 2.75) is 29.6 Å². The van der Waals surface area contributed by atoms with E-state index in [4.69, 9.17) is 4.74 Å². The number of halogens is 4. The summed E-state index contributed by atoms with van der Waals surface area (Å²) in [5.41, 5.74) is -1.70. The van der Waals surface area contributed by atoms with Gasteiger partial charge in [0, 0.05) is 36.9 Å². The van der Waals surface area contributed by atoms with Crippen LogP contribution in [-0.2, 0) is 20.9 Å². The Balaban J connectivity index is 1.89. The molecule has 2 aliphatic heterocycles. The number of rotatable bonds is 2. The molecule has 2 heterocycles. The van der Waals surface area contributed by atoms with Gasteiger partial charge in [-0.05, 0) is 18.2 Å². The second-order valence-corrected chi connectivity index (χ2v) is 8.63. The van der Waals surface area contributed by atoms with Crippen LogP contribution in [0.25, 0.3) is 0 Å². The summed E-state index contributed by atoms with van der Waals surface area (Å²) in [6, 6.07) is 3.09. The van der Waals surface area contributed by atoms with Gasteiger partial charge >= 0.3 is 6.18 Å². The quantitative estimate of drug-likeness (QED) is 0.786. The molecular weight excluding hydrogens is 413 g/mol. The van der Waals surface area contributed by atoms with Gasteiger partial charge in [0.1, 0.15) is 5.72 Å². The first-order chi connectivity index (χ1) is 11.1. The Morgan fingerprint density at radius 1 is 1.25 bits per heavy atom. The third-order valence-electron chi connectivity index (χ3n) is 4.32. The summed E-state index contributed by atoms with van der Waals surface area (Å²) >= 11 is 2.96. The fourth-order valence-electron chi connectivity index (χ4n) is 3.07. The van der Waals surface area contributed by atoms with Crippen LogP contribution in [-0.4, -0.2) is 44.7 Å². The average Bonchev–Trinajstić information content (AvgIpc) is 2.94. The normalized spacial score (nSPS) is 22.2. The fraction of sp³-hybridized carbons (Fsp3) is 0.571. The molecule has 0 unspecified atom stereocenters. The minimum absolute atomic E-state index is 0.114. The highest BCUT2D eigenvalue weighted by Gasteiger charge is 2.44. The first-order valence-electron chi connectivity index (χ1n) is 7.40. The molecule has 3 rings (SSSR count). The van der Waals surface area contributed by atoms with Crippen molar-refractivity contribution >= 4 is 26.0 Å². The molecular formula is C14H16BrF3N2O3S. The minimum atomic E-state index is -4.75. The number of piperidine rings is 1. The van der Waals surface area contributed by atoms with Crippen LogP contribution in [0, 0.1) is 0 Å². The predicted molar refractivity (Wildman–Crippen MR) is 83.8 cm³/mol. The van der Waals surface area contributed by atoms with Gasteiger partial charge in [-0.1, -0.05) is 15.9 Å². The monoisotopic (exact) mass is 428 g/mol. The van der Waals surface area contributed by atoms with Crippen molar-refractivity contribution in [3.8, 4) is 0 Å². The van der Waals surface area contributed by atoms with Crippen LogP contribution in [0.15, 0.2) is 27.6 Å². The molecule has 1 aromatic carbocycles. The molecule has 1 aromatic rings. The maximum atomic E-state index is 13.2. The molecule has 0 bridgehead atoms. The van der Waals surface area contributed by atoms with Crippen LogP contribution in [0.4, 0.5) is 13.2 Å². The van der Waals surface area contributed by atoms with Crippen molar-refractivity contribution in [3.63, 3.8) is 0 Å². The molecule has 5 nitrogen and oxygen atoms in total. The molecule has 0 aromatic heterocycles. The molecule has 2 saturated heterocycles. The van der Waals surface area contributed by atoms with Gasteiger partial charge in [-0.15, -0.1) is 0 Å². The Morgan fingerprint density at radius 3 is 2.46 bits per heavy atom. The van der Waals surface area contributed by atoms with Crippen molar-refractivity contribution in [3.05, 3.63) is 28.2 Å². The van der Waals surface area contributed by atoms with Gasteiger partial charge in [-0.2, -0.15) is 17.5 Å². The number of nitrogens with zero attached hydrogens (tertiary/aromatic N) is 1. The lowest BCUT2D eigenvalue weighted by Gasteiger charge is -2.38. The van der Waals surface area contributed by atoms with Crippen molar-refractivity contribution < 1.29 is 26.3 Å². The van der Waals surface area contributed by atoms with E-state index >= 15 is 0 Å². The molecule has 10 heteroatoms. The highest BCUT2D eigenvalue weighted by molar-refractivity contribution is 9.10. The summed E-state index contributed by atoms with van der Waals surface area (Å²) < 4.78 is 72.0. The van der Waals surface area contributed by atoms with Crippen LogP contribution in [0.5, 0.6) is 0 Å². The molecule has 0 radical (unpaired) electrons. The van der Waals surface area contributed by atoms with Crippen molar-refractivity contribution in [1.29, 1.82) is 0 Å². The lowest BCUT2D eigenvalue weighted by atomic mass is 10.0. The van der Waals surface area contributed by atoms with Crippen molar-refractivity contribution in [2.75, 3.05) is 26.2 Å². The lowest BCUT2D eigenvalue weighted by molar-refractivity contribution is -0.140. The number of nitrogens with one attached hydrogen (secondary N) is 1. The first kappa shape index (κ1) is 18.1. The van der Waals surface area contributed by atoms with Gasteiger partial charge in [-0.25, -0.2) is 8.42 Å². The van der Waals surface area contributed by atoms with Gasteiger partial charge in [0.2, 0.25) is 10.0 Å². The molecule has 0 aliphatic carbocycles. The Labute approximate surface area is 146 Å². The van der Waals surface area contributed by atoms with E-state index in [0.29, 0.717) is 26.0 Å². The molecule has 0 amide bonds. The molecule has 134 valence electrons. The summed E-state index contributed by atoms with van der Waals surface area (Å²) in [5.74, 6) is 0. The highest BCUT2D eigenvalue weighted by Crippen LogP contribution is 2.38. The third-order valence-corrected chi connectivity index (χ3v) is 6.77. The maximum Gasteiger partial charge on any atom is 0.417 e. The summed E-state index contributed by atoms with van der Waals surface area (Å²) in [7, 11) is -4.23. The van der Waals surface area contributed by atoms with Gasteiger partial charge in [0.25, 0.3) is 0 Å². The van der Waals surface area contributed by atoms with E-state index in [0.717, 1.165) is 16.4 Å². The number of ether oxygens (including phenoxy) is 1. The molecule has 2 fully saturated rings. The SMILES string of the molecule is O=S(=O)(c1ccc(Br)cc1C(F)(F)F)N1CCC2(CC1)NCCO2. The number of hydrogen-bond acceptors (Lipinski definition) is 4. The Hall–Kier alpha value is -0.680. The standard InChI is InChI=1S/C14H16BrF3N2O3S/c15-10-1-2-12(11(9-10)14(16,17)18)24(21,22)20-6-3-13(4-7-20)19-5-8-23-13/h1-2,9,19H,3-8H2. The third kappa shape index (κ3) is 3.34. The summed E-state index contributed by atoms with van der Waals surface area (Å²) in [5, 5.41) is 3.20. The van der Waals surface area contributed by atoms with E-state index in [9.17, 15) is 21.6 Å². The predicted octanol–water partition coefficient (Wildman–Crippen LogP) is 2.57. The largest absolute Gasteiger partial charge is 0.417 e. The molecule has 2 aliphatic rings. The van der Waals surface area contributed by atoms with Crippen LogP contribution in [0.3, 0.4) is 0 Å². The summed E-state index contributed by atoms with van der Waals surface area (Å²) in [4.78, 5) is -0.713. The van der Waals surface area contributed by atoms with Crippen molar-refractivity contribution in [2.24, 2.45) is 0 Å². The lowest BCUT2D eigenvalue weighted by Crippen LogP contribution is -2.52. The van der Waals surface area contributed by atoms with Crippen LogP contribution in [0.2, 0.25) is 0 Å². The van der Waals surface area contributed by atoms with Gasteiger partial charge in [0.05, 0.1) is 17.1 Å². The second kappa shape index (κ2) is 6.24. The topological polar surface area (TPSA) is 58.6 Å². The molecule has 0 atom stereocenters. The van der Waals surface area contributed by atoms with Crippen LogP contribution >= 0.6 is 15.9 Å². The van der Waals surface area contributed by atoms with E-state index in [1.165, 1.54) is 6.07 Å². The van der Waals surface area contributed by atoms with Crippen LogP contribution < -0.4 is 5.32 Å². The molecule has 1 N–H and O–H groups in total. The second-order valence-electron chi connectivity index (χ2n) is 5.81. The van der Waals surface area contributed by atoms with Gasteiger partial charge in [-0.3, -0.25) is 5.32 Å². The Kier molecular flexibility index (Phi) is 4.71. The van der Waals surface area contributed by atoms with E-state index < -0.39 is 32.4 Å².